The van der Waals surface area contributed by atoms with Crippen molar-refractivity contribution in [2.75, 3.05) is 13.1 Å². The number of nitrogens with one attached hydrogen (secondary N) is 2. The van der Waals surface area contributed by atoms with Crippen molar-refractivity contribution in [3.63, 3.8) is 0 Å². The Hall–Kier alpha value is -0.860. The number of aliphatic imine (C=N–C) groups is 1. The molecular formula is C17H24ClIN4S. The van der Waals surface area contributed by atoms with Crippen LogP contribution in [0, 0.1) is 0 Å². The second-order valence-corrected chi connectivity index (χ2v) is 6.40. The Morgan fingerprint density at radius 1 is 1.25 bits per heavy atom. The van der Waals surface area contributed by atoms with Gasteiger partial charge in [-0.3, -0.25) is 0 Å². The number of hydrogen-bond acceptors (Lipinski definition) is 3. The minimum atomic E-state index is 0. The van der Waals surface area contributed by atoms with Crippen molar-refractivity contribution >= 4 is 52.9 Å². The van der Waals surface area contributed by atoms with E-state index in [1.807, 2.05) is 18.2 Å². The predicted octanol–water partition coefficient (Wildman–Crippen LogP) is 4.27. The molecular weight excluding hydrogens is 455 g/mol. The van der Waals surface area contributed by atoms with E-state index >= 15 is 0 Å². The third-order valence-electron chi connectivity index (χ3n) is 3.29. The summed E-state index contributed by atoms with van der Waals surface area (Å²) in [5, 5.41) is 10.6. The number of rotatable bonds is 7. The molecule has 24 heavy (non-hydrogen) atoms. The molecule has 1 aromatic carbocycles. The minimum absolute atomic E-state index is 0. The molecule has 2 N–H and O–H groups in total. The third kappa shape index (κ3) is 6.94. The van der Waals surface area contributed by atoms with Crippen LogP contribution in [-0.2, 0) is 19.4 Å². The molecule has 0 atom stereocenters. The Morgan fingerprint density at radius 2 is 2.04 bits per heavy atom. The molecule has 0 radical (unpaired) electrons. The van der Waals surface area contributed by atoms with Gasteiger partial charge in [0.15, 0.2) is 5.96 Å². The molecule has 0 unspecified atom stereocenters. The Morgan fingerprint density at radius 3 is 2.71 bits per heavy atom. The van der Waals surface area contributed by atoms with E-state index in [0.29, 0.717) is 6.54 Å². The molecule has 0 fully saturated rings. The van der Waals surface area contributed by atoms with E-state index in [4.69, 9.17) is 11.6 Å². The first kappa shape index (κ1) is 21.2. The monoisotopic (exact) mass is 478 g/mol. The topological polar surface area (TPSA) is 49.3 Å². The van der Waals surface area contributed by atoms with Gasteiger partial charge in [-0.05, 0) is 31.4 Å². The second-order valence-electron chi connectivity index (χ2n) is 5.05. The van der Waals surface area contributed by atoms with Crippen LogP contribution in [0.4, 0.5) is 0 Å². The van der Waals surface area contributed by atoms with Gasteiger partial charge in [0.05, 0.1) is 17.2 Å². The molecule has 0 aliphatic rings. The number of halogens is 2. The summed E-state index contributed by atoms with van der Waals surface area (Å²) in [6.45, 7) is 6.38. The van der Waals surface area contributed by atoms with Gasteiger partial charge in [0.1, 0.15) is 0 Å². The molecule has 0 bridgehead atoms. The standard InChI is InChI=1S/C17H23ClN4S.HI/c1-3-16-22-14(12-23-16)11-21-17(19-4-2)20-10-9-13-7-5-6-8-15(13)18;/h5-8,12H,3-4,9-11H2,1-2H3,(H2,19,20,21);1H. The zero-order valence-corrected chi connectivity index (χ0v) is 17.9. The van der Waals surface area contributed by atoms with Gasteiger partial charge >= 0.3 is 0 Å². The smallest absolute Gasteiger partial charge is 0.191 e. The van der Waals surface area contributed by atoms with E-state index in [1.165, 1.54) is 0 Å². The number of hydrogen-bond donors (Lipinski definition) is 2. The van der Waals surface area contributed by atoms with Crippen LogP contribution in [0.25, 0.3) is 0 Å². The molecule has 0 spiro atoms. The zero-order chi connectivity index (χ0) is 16.5. The van der Waals surface area contributed by atoms with Crippen LogP contribution < -0.4 is 10.6 Å². The lowest BCUT2D eigenvalue weighted by molar-refractivity contribution is 0.797. The van der Waals surface area contributed by atoms with Gasteiger partial charge in [0.25, 0.3) is 0 Å². The summed E-state index contributed by atoms with van der Waals surface area (Å²) >= 11 is 7.87. The van der Waals surface area contributed by atoms with Crippen molar-refractivity contribution in [3.8, 4) is 0 Å². The highest BCUT2D eigenvalue weighted by atomic mass is 127. The molecule has 0 aliphatic carbocycles. The fourth-order valence-corrected chi connectivity index (χ4v) is 3.07. The fourth-order valence-electron chi connectivity index (χ4n) is 2.10. The van der Waals surface area contributed by atoms with E-state index in [9.17, 15) is 0 Å². The summed E-state index contributed by atoms with van der Waals surface area (Å²) in [6, 6.07) is 7.93. The number of guanidine groups is 1. The van der Waals surface area contributed by atoms with Gasteiger partial charge < -0.3 is 10.6 Å². The SMILES string of the molecule is CCNC(=NCc1csc(CC)n1)NCCc1ccccc1Cl.I. The Labute approximate surface area is 170 Å². The van der Waals surface area contributed by atoms with E-state index in [1.54, 1.807) is 11.3 Å². The van der Waals surface area contributed by atoms with Crippen molar-refractivity contribution in [2.24, 2.45) is 4.99 Å². The number of aromatic nitrogens is 1. The molecule has 0 saturated heterocycles. The lowest BCUT2D eigenvalue weighted by atomic mass is 10.1. The number of benzene rings is 1. The summed E-state index contributed by atoms with van der Waals surface area (Å²) in [5.74, 6) is 0.811. The molecule has 0 saturated carbocycles. The Balaban J connectivity index is 0.00000288. The maximum absolute atomic E-state index is 6.18. The minimum Gasteiger partial charge on any atom is -0.357 e. The molecule has 1 aromatic heterocycles. The highest BCUT2D eigenvalue weighted by Crippen LogP contribution is 2.14. The summed E-state index contributed by atoms with van der Waals surface area (Å²) in [5.41, 5.74) is 2.17. The largest absolute Gasteiger partial charge is 0.357 e. The number of aryl methyl sites for hydroxylation is 1. The van der Waals surface area contributed by atoms with Gasteiger partial charge in [0, 0.05) is 23.5 Å². The molecule has 132 valence electrons. The molecule has 1 heterocycles. The lowest BCUT2D eigenvalue weighted by Crippen LogP contribution is -2.38. The first-order valence-corrected chi connectivity index (χ1v) is 9.17. The predicted molar refractivity (Wildman–Crippen MR) is 115 cm³/mol. The average molecular weight is 479 g/mol. The van der Waals surface area contributed by atoms with Crippen molar-refractivity contribution in [2.45, 2.75) is 33.2 Å². The van der Waals surface area contributed by atoms with E-state index < -0.39 is 0 Å². The van der Waals surface area contributed by atoms with Crippen LogP contribution in [0.3, 0.4) is 0 Å². The first-order valence-electron chi connectivity index (χ1n) is 7.91. The summed E-state index contributed by atoms with van der Waals surface area (Å²) in [4.78, 5) is 9.13. The Bertz CT molecular complexity index is 645. The van der Waals surface area contributed by atoms with E-state index in [-0.39, 0.29) is 24.0 Å². The summed E-state index contributed by atoms with van der Waals surface area (Å²) in [6.07, 6.45) is 1.84. The van der Waals surface area contributed by atoms with Crippen LogP contribution in [0.5, 0.6) is 0 Å². The lowest BCUT2D eigenvalue weighted by Gasteiger charge is -2.11. The van der Waals surface area contributed by atoms with E-state index in [2.05, 4.69) is 45.9 Å². The molecule has 0 aliphatic heterocycles. The zero-order valence-electron chi connectivity index (χ0n) is 14.0. The van der Waals surface area contributed by atoms with Crippen molar-refractivity contribution in [1.82, 2.24) is 15.6 Å². The fraction of sp³-hybridized carbons (Fsp3) is 0.412. The quantitative estimate of drug-likeness (QED) is 0.355. The Kier molecular flexibility index (Phi) is 10.3. The number of nitrogens with zero attached hydrogens (tertiary/aromatic N) is 2. The molecule has 2 rings (SSSR count). The third-order valence-corrected chi connectivity index (χ3v) is 4.70. The van der Waals surface area contributed by atoms with Crippen LogP contribution >= 0.6 is 46.9 Å². The van der Waals surface area contributed by atoms with Gasteiger partial charge in [0.2, 0.25) is 0 Å². The molecule has 4 nitrogen and oxygen atoms in total. The van der Waals surface area contributed by atoms with Gasteiger partial charge in [-0.1, -0.05) is 36.7 Å². The normalized spacial score (nSPS) is 11.0. The van der Waals surface area contributed by atoms with Crippen LogP contribution in [-0.4, -0.2) is 24.0 Å². The van der Waals surface area contributed by atoms with Crippen LogP contribution in [0.2, 0.25) is 5.02 Å². The highest BCUT2D eigenvalue weighted by molar-refractivity contribution is 14.0. The van der Waals surface area contributed by atoms with Gasteiger partial charge in [-0.25, -0.2) is 9.98 Å². The molecule has 0 amide bonds. The summed E-state index contributed by atoms with van der Waals surface area (Å²) in [7, 11) is 0. The maximum Gasteiger partial charge on any atom is 0.191 e. The van der Waals surface area contributed by atoms with Crippen LogP contribution in [0.15, 0.2) is 34.6 Å². The van der Waals surface area contributed by atoms with Gasteiger partial charge in [-0.2, -0.15) is 0 Å². The van der Waals surface area contributed by atoms with Crippen molar-refractivity contribution < 1.29 is 0 Å². The van der Waals surface area contributed by atoms with Crippen molar-refractivity contribution in [1.29, 1.82) is 0 Å². The second kappa shape index (κ2) is 11.7. The average Bonchev–Trinajstić information content (AvgIpc) is 3.02. The van der Waals surface area contributed by atoms with Crippen molar-refractivity contribution in [3.05, 3.63) is 50.9 Å². The first-order chi connectivity index (χ1) is 11.2. The number of thiazole rings is 1. The van der Waals surface area contributed by atoms with Gasteiger partial charge in [-0.15, -0.1) is 35.3 Å². The highest BCUT2D eigenvalue weighted by Gasteiger charge is 2.03. The molecule has 7 heteroatoms. The van der Waals surface area contributed by atoms with E-state index in [0.717, 1.165) is 53.2 Å². The molecule has 2 aromatic rings. The maximum atomic E-state index is 6.18. The van der Waals surface area contributed by atoms with Crippen LogP contribution in [0.1, 0.15) is 30.1 Å². The summed E-state index contributed by atoms with van der Waals surface area (Å²) < 4.78 is 0.